The lowest BCUT2D eigenvalue weighted by atomic mass is 10.2. The Morgan fingerprint density at radius 1 is 1.31 bits per heavy atom. The Kier molecular flexibility index (Phi) is 3.06. The third kappa shape index (κ3) is 3.57. The average molecular weight is 221 g/mol. The fraction of sp³-hybridized carbons (Fsp3) is 0. The van der Waals surface area contributed by atoms with Gasteiger partial charge in [-0.2, -0.15) is 0 Å². The molecule has 0 saturated heterocycles. The maximum atomic E-state index is 12.9. The summed E-state index contributed by atoms with van der Waals surface area (Å²) in [6.45, 7) is 0. The van der Waals surface area contributed by atoms with Crippen LogP contribution in [0, 0.1) is 5.82 Å². The molecule has 1 aromatic carbocycles. The summed E-state index contributed by atoms with van der Waals surface area (Å²) >= 11 is 0. The quantitative estimate of drug-likeness (QED) is 0.717. The van der Waals surface area contributed by atoms with Crippen molar-refractivity contribution >= 4 is 25.8 Å². The molecular weight excluding hydrogens is 215 g/mol. The van der Waals surface area contributed by atoms with Crippen molar-refractivity contribution in [1.82, 2.24) is 0 Å². The van der Waals surface area contributed by atoms with E-state index in [0.717, 1.165) is 11.5 Å². The first-order valence-electron chi connectivity index (χ1n) is 3.36. The molecular formula is C8H6ClFO2S. The minimum atomic E-state index is -3.71. The molecule has 1 rings (SSSR count). The first-order chi connectivity index (χ1) is 5.99. The van der Waals surface area contributed by atoms with Crippen LogP contribution in [0.15, 0.2) is 29.7 Å². The Morgan fingerprint density at radius 2 is 1.92 bits per heavy atom. The van der Waals surface area contributed by atoms with Crippen LogP contribution in [0.25, 0.3) is 6.08 Å². The van der Waals surface area contributed by atoms with E-state index in [4.69, 9.17) is 10.7 Å². The summed E-state index contributed by atoms with van der Waals surface area (Å²) in [5.74, 6) is -0.487. The van der Waals surface area contributed by atoms with Crippen LogP contribution in [-0.2, 0) is 9.05 Å². The third-order valence-corrected chi connectivity index (χ3v) is 2.09. The molecule has 1 aromatic rings. The summed E-state index contributed by atoms with van der Waals surface area (Å²) in [6, 6.07) is 5.81. The summed E-state index contributed by atoms with van der Waals surface area (Å²) in [5, 5.41) is 0.743. The second kappa shape index (κ2) is 3.89. The highest BCUT2D eigenvalue weighted by Crippen LogP contribution is 2.10. The molecule has 0 aliphatic heterocycles. The zero-order valence-corrected chi connectivity index (χ0v) is 8.02. The monoisotopic (exact) mass is 220 g/mol. The van der Waals surface area contributed by atoms with Crippen molar-refractivity contribution in [3.05, 3.63) is 41.1 Å². The van der Waals surface area contributed by atoms with Crippen molar-refractivity contribution in [3.63, 3.8) is 0 Å². The smallest absolute Gasteiger partial charge is 0.208 e. The van der Waals surface area contributed by atoms with Gasteiger partial charge in [0.15, 0.2) is 0 Å². The minimum absolute atomic E-state index is 0.187. The Morgan fingerprint density at radius 3 is 2.46 bits per heavy atom. The summed E-state index contributed by atoms with van der Waals surface area (Å²) in [4.78, 5) is 0. The predicted molar refractivity (Wildman–Crippen MR) is 50.2 cm³/mol. The van der Waals surface area contributed by atoms with Crippen molar-refractivity contribution in [2.24, 2.45) is 0 Å². The van der Waals surface area contributed by atoms with Gasteiger partial charge in [-0.15, -0.1) is 0 Å². The molecule has 0 unspecified atom stereocenters. The Bertz CT molecular complexity index is 426. The van der Waals surface area contributed by atoms with Crippen LogP contribution in [0.4, 0.5) is 4.39 Å². The molecule has 0 bridgehead atoms. The molecule has 0 amide bonds. The predicted octanol–water partition coefficient (Wildman–Crippen LogP) is 2.37. The van der Waals surface area contributed by atoms with Crippen molar-refractivity contribution < 1.29 is 12.8 Å². The average Bonchev–Trinajstić information content (AvgIpc) is 2.01. The molecule has 13 heavy (non-hydrogen) atoms. The van der Waals surface area contributed by atoms with E-state index in [1.165, 1.54) is 18.2 Å². The van der Waals surface area contributed by atoms with E-state index in [9.17, 15) is 12.8 Å². The van der Waals surface area contributed by atoms with Crippen LogP contribution in [0.3, 0.4) is 0 Å². The van der Waals surface area contributed by atoms with E-state index in [0.29, 0.717) is 0 Å². The summed E-state index contributed by atoms with van der Waals surface area (Å²) in [7, 11) is 1.18. The van der Waals surface area contributed by atoms with Crippen LogP contribution in [0.2, 0.25) is 0 Å². The standard InChI is InChI=1S/C8H6ClFO2S/c9-13(11,12)6-5-7-3-1-2-4-8(7)10/h1-6H/b6-5+. The van der Waals surface area contributed by atoms with Crippen molar-refractivity contribution in [2.45, 2.75) is 0 Å². The van der Waals surface area contributed by atoms with Gasteiger partial charge >= 0.3 is 0 Å². The molecule has 0 aliphatic carbocycles. The molecule has 0 saturated carbocycles. The second-order valence-corrected chi connectivity index (χ2v) is 4.81. The molecule has 2 nitrogen and oxygen atoms in total. The number of hydrogen-bond donors (Lipinski definition) is 0. The number of hydrogen-bond acceptors (Lipinski definition) is 2. The molecule has 0 atom stereocenters. The van der Waals surface area contributed by atoms with Gasteiger partial charge in [-0.1, -0.05) is 18.2 Å². The van der Waals surface area contributed by atoms with Crippen LogP contribution in [-0.4, -0.2) is 8.42 Å². The van der Waals surface area contributed by atoms with E-state index in [1.54, 1.807) is 6.07 Å². The molecule has 0 radical (unpaired) electrons. The Balaban J connectivity index is 3.00. The Hall–Kier alpha value is -0.870. The molecule has 0 fully saturated rings. The van der Waals surface area contributed by atoms with Gasteiger partial charge in [0.2, 0.25) is 0 Å². The van der Waals surface area contributed by atoms with Gasteiger partial charge in [-0.3, -0.25) is 0 Å². The number of benzene rings is 1. The lowest BCUT2D eigenvalue weighted by Gasteiger charge is -1.93. The fourth-order valence-corrected chi connectivity index (χ4v) is 1.23. The molecule has 0 N–H and O–H groups in total. The van der Waals surface area contributed by atoms with Crippen LogP contribution >= 0.6 is 10.7 Å². The molecule has 0 spiro atoms. The normalized spacial score (nSPS) is 12.2. The van der Waals surface area contributed by atoms with Gasteiger partial charge in [0.25, 0.3) is 9.05 Å². The third-order valence-electron chi connectivity index (χ3n) is 1.32. The lowest BCUT2D eigenvalue weighted by molar-refractivity contribution is 0.617. The first-order valence-corrected chi connectivity index (χ1v) is 5.73. The summed E-state index contributed by atoms with van der Waals surface area (Å²) in [6.07, 6.45) is 1.11. The summed E-state index contributed by atoms with van der Waals surface area (Å²) < 4.78 is 33.8. The van der Waals surface area contributed by atoms with E-state index in [2.05, 4.69) is 0 Å². The van der Waals surface area contributed by atoms with Crippen molar-refractivity contribution in [1.29, 1.82) is 0 Å². The fourth-order valence-electron chi connectivity index (χ4n) is 0.765. The van der Waals surface area contributed by atoms with Gasteiger partial charge in [-0.25, -0.2) is 12.8 Å². The van der Waals surface area contributed by atoms with Gasteiger partial charge in [0.05, 0.1) is 0 Å². The zero-order chi connectivity index (χ0) is 9.90. The molecule has 70 valence electrons. The van der Waals surface area contributed by atoms with E-state index >= 15 is 0 Å². The van der Waals surface area contributed by atoms with Gasteiger partial charge in [0.1, 0.15) is 5.82 Å². The highest BCUT2D eigenvalue weighted by molar-refractivity contribution is 8.16. The second-order valence-electron chi connectivity index (χ2n) is 2.30. The summed E-state index contributed by atoms with van der Waals surface area (Å²) in [5.41, 5.74) is 0.187. The number of rotatable bonds is 2. The van der Waals surface area contributed by atoms with E-state index < -0.39 is 14.9 Å². The highest BCUT2D eigenvalue weighted by Gasteiger charge is 1.99. The molecule has 0 aliphatic rings. The maximum absolute atomic E-state index is 12.9. The van der Waals surface area contributed by atoms with Gasteiger partial charge < -0.3 is 0 Å². The lowest BCUT2D eigenvalue weighted by Crippen LogP contribution is -1.82. The SMILES string of the molecule is O=S(=O)(Cl)/C=C/c1ccccc1F. The Labute approximate surface area is 80.1 Å². The molecule has 0 heterocycles. The van der Waals surface area contributed by atoms with Crippen LogP contribution < -0.4 is 0 Å². The largest absolute Gasteiger partial charge is 0.254 e. The van der Waals surface area contributed by atoms with Crippen LogP contribution in [0.1, 0.15) is 5.56 Å². The maximum Gasteiger partial charge on any atom is 0.254 e. The van der Waals surface area contributed by atoms with Gasteiger partial charge in [-0.05, 0) is 12.1 Å². The van der Waals surface area contributed by atoms with Gasteiger partial charge in [0, 0.05) is 21.7 Å². The zero-order valence-electron chi connectivity index (χ0n) is 6.44. The minimum Gasteiger partial charge on any atom is -0.208 e. The van der Waals surface area contributed by atoms with Crippen molar-refractivity contribution in [2.75, 3.05) is 0 Å². The van der Waals surface area contributed by atoms with Crippen LogP contribution in [0.5, 0.6) is 0 Å². The topological polar surface area (TPSA) is 34.1 Å². The van der Waals surface area contributed by atoms with Crippen molar-refractivity contribution in [3.8, 4) is 0 Å². The van der Waals surface area contributed by atoms with E-state index in [-0.39, 0.29) is 5.56 Å². The first kappa shape index (κ1) is 10.2. The highest BCUT2D eigenvalue weighted by atomic mass is 35.7. The van der Waals surface area contributed by atoms with E-state index in [1.807, 2.05) is 0 Å². The molecule has 5 heteroatoms. The number of halogens is 2. The molecule has 0 aromatic heterocycles.